The molecule has 1 aromatic heterocycles. The van der Waals surface area contributed by atoms with E-state index in [4.69, 9.17) is 30.6 Å². The molecule has 0 N–H and O–H groups in total. The SMILES string of the molecule is COc1cc(OC)cc(-c2nc3ccccc3c(=O)n2OC(=O)c2cc(Cl)ccc2OC)c1. The zero-order chi connectivity index (χ0) is 23.5. The van der Waals surface area contributed by atoms with E-state index in [9.17, 15) is 9.59 Å². The fourth-order valence-corrected chi connectivity index (χ4v) is 3.46. The lowest BCUT2D eigenvalue weighted by atomic mass is 10.1. The number of rotatable bonds is 6. The Morgan fingerprint density at radius 1 is 0.909 bits per heavy atom. The molecule has 0 radical (unpaired) electrons. The van der Waals surface area contributed by atoms with Gasteiger partial charge in [-0.3, -0.25) is 4.79 Å². The number of halogens is 1. The lowest BCUT2D eigenvalue weighted by molar-refractivity contribution is 0.0446. The van der Waals surface area contributed by atoms with Crippen LogP contribution in [-0.4, -0.2) is 37.0 Å². The summed E-state index contributed by atoms with van der Waals surface area (Å²) < 4.78 is 16.8. The molecule has 0 spiro atoms. The maximum Gasteiger partial charge on any atom is 0.367 e. The monoisotopic (exact) mass is 466 g/mol. The molecule has 4 aromatic rings. The van der Waals surface area contributed by atoms with Gasteiger partial charge in [-0.1, -0.05) is 23.7 Å². The van der Waals surface area contributed by atoms with Crippen LogP contribution in [0, 0.1) is 0 Å². The lowest BCUT2D eigenvalue weighted by Gasteiger charge is -2.15. The van der Waals surface area contributed by atoms with E-state index in [1.54, 1.807) is 48.5 Å². The number of methoxy groups -OCH3 is 3. The first-order chi connectivity index (χ1) is 15.9. The van der Waals surface area contributed by atoms with Crippen molar-refractivity contribution < 1.29 is 23.8 Å². The third-order valence-corrected chi connectivity index (χ3v) is 5.14. The molecule has 0 aliphatic carbocycles. The predicted octanol–water partition coefficient (Wildman–Crippen LogP) is 4.01. The average Bonchev–Trinajstić information content (AvgIpc) is 2.85. The predicted molar refractivity (Wildman–Crippen MR) is 123 cm³/mol. The highest BCUT2D eigenvalue weighted by Crippen LogP contribution is 2.29. The summed E-state index contributed by atoms with van der Waals surface area (Å²) in [5.41, 5.74) is 0.373. The number of fused-ring (bicyclic) bond motifs is 1. The fourth-order valence-electron chi connectivity index (χ4n) is 3.29. The minimum atomic E-state index is -0.843. The molecule has 0 aliphatic rings. The molecular weight excluding hydrogens is 448 g/mol. The molecule has 33 heavy (non-hydrogen) atoms. The van der Waals surface area contributed by atoms with Gasteiger partial charge < -0.3 is 19.0 Å². The van der Waals surface area contributed by atoms with Crippen molar-refractivity contribution in [2.75, 3.05) is 21.3 Å². The van der Waals surface area contributed by atoms with Crippen molar-refractivity contribution >= 4 is 28.5 Å². The summed E-state index contributed by atoms with van der Waals surface area (Å²) in [6, 6.07) is 16.3. The van der Waals surface area contributed by atoms with Crippen LogP contribution in [0.2, 0.25) is 5.02 Å². The van der Waals surface area contributed by atoms with Crippen LogP contribution in [0.4, 0.5) is 0 Å². The lowest BCUT2D eigenvalue weighted by Crippen LogP contribution is -2.33. The molecule has 0 amide bonds. The summed E-state index contributed by atoms with van der Waals surface area (Å²) in [6.07, 6.45) is 0. The van der Waals surface area contributed by atoms with Crippen molar-refractivity contribution in [2.24, 2.45) is 0 Å². The van der Waals surface area contributed by atoms with Crippen LogP contribution in [0.5, 0.6) is 17.2 Å². The Morgan fingerprint density at radius 3 is 2.27 bits per heavy atom. The molecule has 4 rings (SSSR count). The molecule has 0 atom stereocenters. The second-order valence-electron chi connectivity index (χ2n) is 6.88. The number of carbonyl (C=O) groups is 1. The number of para-hydroxylation sites is 1. The van der Waals surface area contributed by atoms with Gasteiger partial charge in [0.1, 0.15) is 22.8 Å². The van der Waals surface area contributed by atoms with Gasteiger partial charge in [-0.25, -0.2) is 9.78 Å². The van der Waals surface area contributed by atoms with Crippen LogP contribution in [0.15, 0.2) is 65.5 Å². The van der Waals surface area contributed by atoms with Crippen molar-refractivity contribution in [2.45, 2.75) is 0 Å². The standard InChI is InChI=1S/C24H19ClN2O6/c1-30-16-10-14(11-17(13-16)31-2)22-26-20-7-5-4-6-18(20)23(28)27(22)33-24(29)19-12-15(25)8-9-21(19)32-3/h4-13H,1-3H3. The number of aromatic nitrogens is 2. The van der Waals surface area contributed by atoms with Crippen LogP contribution in [0.1, 0.15) is 10.4 Å². The first kappa shape index (κ1) is 22.2. The quantitative estimate of drug-likeness (QED) is 0.424. The highest BCUT2D eigenvalue weighted by Gasteiger charge is 2.21. The summed E-state index contributed by atoms with van der Waals surface area (Å²) in [6.45, 7) is 0. The molecule has 0 saturated carbocycles. The highest BCUT2D eigenvalue weighted by molar-refractivity contribution is 6.31. The Balaban J connectivity index is 1.93. The van der Waals surface area contributed by atoms with E-state index < -0.39 is 11.5 Å². The van der Waals surface area contributed by atoms with Crippen LogP contribution >= 0.6 is 11.6 Å². The topological polar surface area (TPSA) is 88.9 Å². The van der Waals surface area contributed by atoms with E-state index >= 15 is 0 Å². The fraction of sp³-hybridized carbons (Fsp3) is 0.125. The van der Waals surface area contributed by atoms with Crippen molar-refractivity contribution in [3.63, 3.8) is 0 Å². The second kappa shape index (κ2) is 9.22. The Labute approximate surface area is 193 Å². The van der Waals surface area contributed by atoms with Gasteiger partial charge >= 0.3 is 5.97 Å². The third-order valence-electron chi connectivity index (χ3n) is 4.90. The van der Waals surface area contributed by atoms with Gasteiger partial charge in [0.05, 0.1) is 32.2 Å². The van der Waals surface area contributed by atoms with Gasteiger partial charge in [-0.2, -0.15) is 0 Å². The Bertz CT molecular complexity index is 1390. The largest absolute Gasteiger partial charge is 0.497 e. The summed E-state index contributed by atoms with van der Waals surface area (Å²) in [7, 11) is 4.42. The van der Waals surface area contributed by atoms with E-state index in [0.717, 1.165) is 4.73 Å². The Morgan fingerprint density at radius 2 is 1.61 bits per heavy atom. The Hall–Kier alpha value is -4.04. The maximum absolute atomic E-state index is 13.3. The molecule has 1 heterocycles. The highest BCUT2D eigenvalue weighted by atomic mass is 35.5. The maximum atomic E-state index is 13.3. The van der Waals surface area contributed by atoms with E-state index in [1.807, 2.05) is 0 Å². The number of carbonyl (C=O) groups excluding carboxylic acids is 1. The first-order valence-corrected chi connectivity index (χ1v) is 10.1. The molecule has 0 fully saturated rings. The molecule has 9 heteroatoms. The molecule has 3 aromatic carbocycles. The number of nitrogens with zero attached hydrogens (tertiary/aromatic N) is 2. The van der Waals surface area contributed by atoms with Gasteiger partial charge in [0.15, 0.2) is 5.82 Å². The number of ether oxygens (including phenoxy) is 3. The second-order valence-corrected chi connectivity index (χ2v) is 7.31. The molecule has 0 unspecified atom stereocenters. The van der Waals surface area contributed by atoms with Crippen molar-refractivity contribution in [1.82, 2.24) is 9.71 Å². The third kappa shape index (κ3) is 4.33. The average molecular weight is 467 g/mol. The van der Waals surface area contributed by atoms with Crippen LogP contribution in [0.25, 0.3) is 22.3 Å². The van der Waals surface area contributed by atoms with Gasteiger partial charge in [0.25, 0.3) is 5.56 Å². The van der Waals surface area contributed by atoms with Crippen LogP contribution in [-0.2, 0) is 0 Å². The Kier molecular flexibility index (Phi) is 6.19. The molecule has 168 valence electrons. The summed E-state index contributed by atoms with van der Waals surface area (Å²) in [5, 5.41) is 0.589. The van der Waals surface area contributed by atoms with Gasteiger partial charge in [-0.15, -0.1) is 4.73 Å². The van der Waals surface area contributed by atoms with Crippen LogP contribution in [0.3, 0.4) is 0 Å². The minimum absolute atomic E-state index is 0.0548. The zero-order valence-corrected chi connectivity index (χ0v) is 18.8. The molecule has 0 bridgehead atoms. The number of hydrogen-bond acceptors (Lipinski definition) is 7. The molecular formula is C24H19ClN2O6. The normalized spacial score (nSPS) is 10.7. The molecule has 0 saturated heterocycles. The van der Waals surface area contributed by atoms with Crippen molar-refractivity contribution in [3.05, 3.63) is 81.6 Å². The summed E-state index contributed by atoms with van der Waals surface area (Å²) >= 11 is 6.05. The van der Waals surface area contributed by atoms with E-state index in [-0.39, 0.29) is 22.5 Å². The van der Waals surface area contributed by atoms with E-state index in [1.165, 1.54) is 33.5 Å². The van der Waals surface area contributed by atoms with Crippen LogP contribution < -0.4 is 24.6 Å². The minimum Gasteiger partial charge on any atom is -0.497 e. The summed E-state index contributed by atoms with van der Waals surface area (Å²) in [4.78, 5) is 36.5. The van der Waals surface area contributed by atoms with E-state index in [0.29, 0.717) is 27.6 Å². The van der Waals surface area contributed by atoms with Gasteiger partial charge in [0.2, 0.25) is 0 Å². The number of benzene rings is 3. The van der Waals surface area contributed by atoms with E-state index in [2.05, 4.69) is 4.98 Å². The zero-order valence-electron chi connectivity index (χ0n) is 18.0. The van der Waals surface area contributed by atoms with Gasteiger partial charge in [-0.05, 0) is 42.5 Å². The van der Waals surface area contributed by atoms with Gasteiger partial charge in [0, 0.05) is 16.7 Å². The first-order valence-electron chi connectivity index (χ1n) is 9.76. The van der Waals surface area contributed by atoms with Crippen molar-refractivity contribution in [1.29, 1.82) is 0 Å². The number of hydrogen-bond donors (Lipinski definition) is 0. The molecule has 8 nitrogen and oxygen atoms in total. The summed E-state index contributed by atoms with van der Waals surface area (Å²) in [5.74, 6) is 0.438. The molecule has 0 aliphatic heterocycles. The smallest absolute Gasteiger partial charge is 0.367 e. The van der Waals surface area contributed by atoms with Crippen molar-refractivity contribution in [3.8, 4) is 28.6 Å².